The molecule has 0 aromatic rings. The fourth-order valence-electron chi connectivity index (χ4n) is 4.48. The third-order valence-electron chi connectivity index (χ3n) is 5.10. The van der Waals surface area contributed by atoms with E-state index in [1.54, 1.807) is 0 Å². The minimum absolute atomic E-state index is 0.0631. The van der Waals surface area contributed by atoms with Crippen LogP contribution in [0.4, 0.5) is 0 Å². The van der Waals surface area contributed by atoms with Gasteiger partial charge in [-0.05, 0) is 45.6 Å². The highest BCUT2D eigenvalue weighted by Gasteiger charge is 2.56. The average molecular weight is 237 g/mol. The fourth-order valence-corrected chi connectivity index (χ4v) is 4.48. The van der Waals surface area contributed by atoms with Crippen LogP contribution in [0.2, 0.25) is 0 Å². The summed E-state index contributed by atoms with van der Waals surface area (Å²) in [5, 5.41) is 0. The highest BCUT2D eigenvalue weighted by atomic mass is 16.5. The zero-order chi connectivity index (χ0) is 11.9. The minimum atomic E-state index is 0.0631. The van der Waals surface area contributed by atoms with Gasteiger partial charge in [0.2, 0.25) is 0 Å². The molecule has 17 heavy (non-hydrogen) atoms. The lowest BCUT2D eigenvalue weighted by Gasteiger charge is -2.34. The Hall–Kier alpha value is -0.570. The molecular weight excluding hydrogens is 214 g/mol. The van der Waals surface area contributed by atoms with Crippen molar-refractivity contribution in [3.8, 4) is 0 Å². The Morgan fingerprint density at radius 2 is 2.12 bits per heavy atom. The molecule has 3 heteroatoms. The van der Waals surface area contributed by atoms with Gasteiger partial charge in [0.15, 0.2) is 0 Å². The standard InChI is InChI=1S/C14H23NO2/c1-2-17-13(16)11-10-14(7-3-4-8-14)15-9-5-6-12(11)15/h11-12H,2-10H2,1H3/t11-,12+/m0/s1. The third kappa shape index (κ3) is 1.70. The van der Waals surface area contributed by atoms with Crippen molar-refractivity contribution in [1.82, 2.24) is 4.90 Å². The second kappa shape index (κ2) is 4.27. The van der Waals surface area contributed by atoms with Gasteiger partial charge in [-0.3, -0.25) is 9.69 Å². The SMILES string of the molecule is CCOC(=O)[C@H]1CC2(CCCC2)N2CCC[C@H]12. The fraction of sp³-hybridized carbons (Fsp3) is 0.929. The summed E-state index contributed by atoms with van der Waals surface area (Å²) in [6.45, 7) is 3.64. The van der Waals surface area contributed by atoms with Gasteiger partial charge in [0.1, 0.15) is 0 Å². The molecule has 3 fully saturated rings. The molecule has 96 valence electrons. The predicted molar refractivity (Wildman–Crippen MR) is 65.7 cm³/mol. The van der Waals surface area contributed by atoms with Crippen LogP contribution in [0, 0.1) is 5.92 Å². The quantitative estimate of drug-likeness (QED) is 0.690. The third-order valence-corrected chi connectivity index (χ3v) is 5.10. The molecule has 3 aliphatic rings. The van der Waals surface area contributed by atoms with E-state index in [1.165, 1.54) is 45.1 Å². The second-order valence-electron chi connectivity index (χ2n) is 5.90. The molecule has 0 aromatic carbocycles. The maximum absolute atomic E-state index is 12.1. The maximum atomic E-state index is 12.1. The van der Waals surface area contributed by atoms with E-state index in [0.29, 0.717) is 18.2 Å². The van der Waals surface area contributed by atoms with Crippen LogP contribution in [-0.4, -0.2) is 35.6 Å². The van der Waals surface area contributed by atoms with E-state index in [2.05, 4.69) is 4.90 Å². The van der Waals surface area contributed by atoms with Crippen molar-refractivity contribution >= 4 is 5.97 Å². The summed E-state index contributed by atoms with van der Waals surface area (Å²) in [4.78, 5) is 14.7. The van der Waals surface area contributed by atoms with E-state index in [4.69, 9.17) is 4.74 Å². The van der Waals surface area contributed by atoms with Crippen LogP contribution in [0.3, 0.4) is 0 Å². The molecule has 0 amide bonds. The highest BCUT2D eigenvalue weighted by molar-refractivity contribution is 5.74. The topological polar surface area (TPSA) is 29.5 Å². The van der Waals surface area contributed by atoms with Crippen LogP contribution >= 0.6 is 0 Å². The summed E-state index contributed by atoms with van der Waals surface area (Å²) in [5.74, 6) is 0.226. The van der Waals surface area contributed by atoms with Crippen LogP contribution < -0.4 is 0 Å². The molecule has 2 aliphatic heterocycles. The molecule has 1 saturated carbocycles. The van der Waals surface area contributed by atoms with Crippen LogP contribution in [0.15, 0.2) is 0 Å². The van der Waals surface area contributed by atoms with Crippen LogP contribution in [-0.2, 0) is 9.53 Å². The van der Waals surface area contributed by atoms with Crippen molar-refractivity contribution in [2.45, 2.75) is 63.5 Å². The van der Waals surface area contributed by atoms with Gasteiger partial charge in [0, 0.05) is 11.6 Å². The van der Waals surface area contributed by atoms with Crippen molar-refractivity contribution in [3.63, 3.8) is 0 Å². The lowest BCUT2D eigenvalue weighted by molar-refractivity contribution is -0.148. The predicted octanol–water partition coefficient (Wildman–Crippen LogP) is 2.35. The Morgan fingerprint density at radius 1 is 1.35 bits per heavy atom. The van der Waals surface area contributed by atoms with Crippen LogP contribution in [0.25, 0.3) is 0 Å². The van der Waals surface area contributed by atoms with E-state index >= 15 is 0 Å². The summed E-state index contributed by atoms with van der Waals surface area (Å²) in [7, 11) is 0. The normalized spacial score (nSPS) is 35.4. The van der Waals surface area contributed by atoms with Crippen molar-refractivity contribution < 1.29 is 9.53 Å². The Morgan fingerprint density at radius 3 is 2.82 bits per heavy atom. The molecule has 0 radical (unpaired) electrons. The first-order chi connectivity index (χ1) is 8.27. The minimum Gasteiger partial charge on any atom is -0.466 e. The van der Waals surface area contributed by atoms with Gasteiger partial charge in [-0.25, -0.2) is 0 Å². The molecule has 0 aromatic heterocycles. The molecule has 2 atom stereocenters. The number of esters is 1. The summed E-state index contributed by atoms with van der Waals surface area (Å²) in [6, 6.07) is 0.493. The van der Waals surface area contributed by atoms with Gasteiger partial charge in [-0.15, -0.1) is 0 Å². The number of fused-ring (bicyclic) bond motifs is 2. The Kier molecular flexibility index (Phi) is 2.89. The molecule has 2 saturated heterocycles. The summed E-state index contributed by atoms with van der Waals surface area (Å²) in [5.41, 5.74) is 0.374. The van der Waals surface area contributed by atoms with E-state index < -0.39 is 0 Å². The molecule has 0 N–H and O–H groups in total. The van der Waals surface area contributed by atoms with Gasteiger partial charge in [-0.2, -0.15) is 0 Å². The largest absolute Gasteiger partial charge is 0.466 e. The van der Waals surface area contributed by atoms with Crippen molar-refractivity contribution in [2.75, 3.05) is 13.2 Å². The van der Waals surface area contributed by atoms with E-state index in [0.717, 1.165) is 6.42 Å². The molecule has 0 bridgehead atoms. The number of nitrogens with zero attached hydrogens (tertiary/aromatic N) is 1. The number of hydrogen-bond donors (Lipinski definition) is 0. The number of carbonyl (C=O) groups is 1. The zero-order valence-electron chi connectivity index (χ0n) is 10.8. The van der Waals surface area contributed by atoms with E-state index in [-0.39, 0.29) is 11.9 Å². The number of carbonyl (C=O) groups excluding carboxylic acids is 1. The molecule has 1 aliphatic carbocycles. The van der Waals surface area contributed by atoms with Gasteiger partial charge in [-0.1, -0.05) is 12.8 Å². The number of rotatable bonds is 2. The number of hydrogen-bond acceptors (Lipinski definition) is 3. The van der Waals surface area contributed by atoms with Gasteiger partial charge in [0.25, 0.3) is 0 Å². The van der Waals surface area contributed by atoms with E-state index in [9.17, 15) is 4.79 Å². The van der Waals surface area contributed by atoms with Gasteiger partial charge in [0.05, 0.1) is 12.5 Å². The van der Waals surface area contributed by atoms with Crippen molar-refractivity contribution in [3.05, 3.63) is 0 Å². The summed E-state index contributed by atoms with van der Waals surface area (Å²) < 4.78 is 5.27. The van der Waals surface area contributed by atoms with Crippen LogP contribution in [0.5, 0.6) is 0 Å². The van der Waals surface area contributed by atoms with Gasteiger partial charge >= 0.3 is 5.97 Å². The first-order valence-electron chi connectivity index (χ1n) is 7.20. The molecule has 1 spiro atoms. The summed E-state index contributed by atoms with van der Waals surface area (Å²) in [6.07, 6.45) is 8.83. The Balaban J connectivity index is 1.81. The molecule has 3 rings (SSSR count). The first kappa shape index (κ1) is 11.5. The zero-order valence-corrected chi connectivity index (χ0v) is 10.8. The number of ether oxygens (including phenoxy) is 1. The summed E-state index contributed by atoms with van der Waals surface area (Å²) >= 11 is 0. The van der Waals surface area contributed by atoms with Gasteiger partial charge < -0.3 is 4.74 Å². The maximum Gasteiger partial charge on any atom is 0.310 e. The first-order valence-corrected chi connectivity index (χ1v) is 7.20. The Labute approximate surface area is 104 Å². The lowest BCUT2D eigenvalue weighted by Crippen LogP contribution is -2.42. The van der Waals surface area contributed by atoms with Crippen molar-refractivity contribution in [1.29, 1.82) is 0 Å². The molecule has 0 unspecified atom stereocenters. The molecular formula is C14H23NO2. The highest BCUT2D eigenvalue weighted by Crippen LogP contribution is 2.51. The van der Waals surface area contributed by atoms with Crippen molar-refractivity contribution in [2.24, 2.45) is 5.92 Å². The monoisotopic (exact) mass is 237 g/mol. The van der Waals surface area contributed by atoms with E-state index in [1.807, 2.05) is 6.92 Å². The molecule has 3 nitrogen and oxygen atoms in total. The molecule has 2 heterocycles. The smallest absolute Gasteiger partial charge is 0.310 e. The second-order valence-corrected chi connectivity index (χ2v) is 5.90. The average Bonchev–Trinajstić information content (AvgIpc) is 3.00. The van der Waals surface area contributed by atoms with Crippen LogP contribution in [0.1, 0.15) is 51.9 Å². The lowest BCUT2D eigenvalue weighted by atomic mass is 9.88. The Bertz CT molecular complexity index is 309.